The molecule has 7 nitrogen and oxygen atoms in total. The summed E-state index contributed by atoms with van der Waals surface area (Å²) in [5.74, 6) is -3.60. The van der Waals surface area contributed by atoms with Gasteiger partial charge in [0, 0.05) is 17.4 Å². The molecule has 3 aromatic rings. The van der Waals surface area contributed by atoms with Gasteiger partial charge in [-0.15, -0.1) is 0 Å². The third kappa shape index (κ3) is 3.71. The van der Waals surface area contributed by atoms with Gasteiger partial charge in [0.2, 0.25) is 0 Å². The number of carboxylic acids is 1. The maximum Gasteiger partial charge on any atom is 0.337 e. The molecule has 0 spiro atoms. The molecule has 3 heterocycles. The number of hydrogen-bond acceptors (Lipinski definition) is 5. The van der Waals surface area contributed by atoms with Gasteiger partial charge in [-0.2, -0.15) is 0 Å². The van der Waals surface area contributed by atoms with Gasteiger partial charge < -0.3 is 15.3 Å². The van der Waals surface area contributed by atoms with Gasteiger partial charge in [-0.3, -0.25) is 9.20 Å². The zero-order valence-corrected chi connectivity index (χ0v) is 17.3. The number of alkyl halides is 2. The number of rotatable bonds is 5. The van der Waals surface area contributed by atoms with Crippen LogP contribution < -0.4 is 15.8 Å². The molecular weight excluding hydrogens is 406 g/mol. The number of nitrogens with one attached hydrogen (secondary N) is 1. The van der Waals surface area contributed by atoms with Gasteiger partial charge in [0.05, 0.1) is 30.3 Å². The Hall–Kier alpha value is -3.49. The average Bonchev–Trinajstić information content (AvgIpc) is 2.69. The van der Waals surface area contributed by atoms with Crippen molar-refractivity contribution in [2.45, 2.75) is 32.7 Å². The predicted molar refractivity (Wildman–Crippen MR) is 114 cm³/mol. The topological polar surface area (TPSA) is 86.9 Å². The summed E-state index contributed by atoms with van der Waals surface area (Å²) in [6.45, 7) is 4.30. The third-order valence-electron chi connectivity index (χ3n) is 5.43. The summed E-state index contributed by atoms with van der Waals surface area (Å²) in [6.07, 6.45) is 1.66. The third-order valence-corrected chi connectivity index (χ3v) is 5.43. The lowest BCUT2D eigenvalue weighted by atomic mass is 10.1. The van der Waals surface area contributed by atoms with Gasteiger partial charge in [0.25, 0.3) is 11.5 Å². The molecule has 162 valence electrons. The van der Waals surface area contributed by atoms with Crippen LogP contribution in [0.4, 0.5) is 20.3 Å². The van der Waals surface area contributed by atoms with Crippen LogP contribution in [0, 0.1) is 13.8 Å². The number of carboxylic acid groups (broad SMARTS) is 1. The number of aryl methyl sites for hydroxylation is 1. The summed E-state index contributed by atoms with van der Waals surface area (Å²) in [6, 6.07) is 7.97. The van der Waals surface area contributed by atoms with Gasteiger partial charge in [0.1, 0.15) is 11.5 Å². The molecule has 1 aliphatic rings. The molecule has 0 aliphatic carbocycles. The van der Waals surface area contributed by atoms with Gasteiger partial charge in [-0.25, -0.2) is 18.6 Å². The Morgan fingerprint density at radius 3 is 2.58 bits per heavy atom. The standard InChI is InChI=1S/C22H22F2N4O3/c1-12-8-16(14(3)25-17-7-5-4-6-15(17)21(30)31)19-26-18(27-10-22(23,24)11-27)13(2)20(29)28(19)9-12/h4-9,14,25H,10-11H2,1-3H3,(H,30,31)/t14-/m1/s1. The fraction of sp³-hybridized carbons (Fsp3) is 0.318. The van der Waals surface area contributed by atoms with Gasteiger partial charge in [-0.05, 0) is 44.5 Å². The van der Waals surface area contributed by atoms with E-state index in [9.17, 15) is 23.5 Å². The van der Waals surface area contributed by atoms with Crippen molar-refractivity contribution in [3.63, 3.8) is 0 Å². The van der Waals surface area contributed by atoms with E-state index in [1.807, 2.05) is 19.9 Å². The molecule has 0 unspecified atom stereocenters. The Labute approximate surface area is 177 Å². The number of benzene rings is 1. The first-order chi connectivity index (χ1) is 14.6. The largest absolute Gasteiger partial charge is 0.478 e. The van der Waals surface area contributed by atoms with E-state index in [1.54, 1.807) is 31.3 Å². The van der Waals surface area contributed by atoms with Crippen LogP contribution in [0.3, 0.4) is 0 Å². The van der Waals surface area contributed by atoms with E-state index < -0.39 is 31.0 Å². The van der Waals surface area contributed by atoms with Crippen molar-refractivity contribution in [2.75, 3.05) is 23.3 Å². The lowest BCUT2D eigenvalue weighted by Gasteiger charge is -2.40. The number of aromatic nitrogens is 2. The first-order valence-corrected chi connectivity index (χ1v) is 9.82. The second kappa shape index (κ2) is 7.33. The highest BCUT2D eigenvalue weighted by Gasteiger charge is 2.45. The fourth-order valence-corrected chi connectivity index (χ4v) is 3.88. The van der Waals surface area contributed by atoms with Crippen LogP contribution in [-0.4, -0.2) is 39.5 Å². The predicted octanol–water partition coefficient (Wildman–Crippen LogP) is 3.64. The summed E-state index contributed by atoms with van der Waals surface area (Å²) >= 11 is 0. The van der Waals surface area contributed by atoms with Crippen LogP contribution >= 0.6 is 0 Å². The van der Waals surface area contributed by atoms with Crippen molar-refractivity contribution in [1.29, 1.82) is 0 Å². The van der Waals surface area contributed by atoms with Crippen molar-refractivity contribution in [2.24, 2.45) is 0 Å². The molecule has 1 atom stereocenters. The monoisotopic (exact) mass is 428 g/mol. The Morgan fingerprint density at radius 1 is 1.26 bits per heavy atom. The minimum absolute atomic E-state index is 0.121. The molecule has 1 aromatic carbocycles. The highest BCUT2D eigenvalue weighted by molar-refractivity contribution is 5.94. The van der Waals surface area contributed by atoms with Crippen LogP contribution in [0.5, 0.6) is 0 Å². The van der Waals surface area contributed by atoms with Crippen molar-refractivity contribution in [1.82, 2.24) is 9.38 Å². The van der Waals surface area contributed by atoms with Crippen LogP contribution in [0.1, 0.15) is 40.0 Å². The highest BCUT2D eigenvalue weighted by Crippen LogP contribution is 2.33. The number of hydrogen-bond donors (Lipinski definition) is 2. The van der Waals surface area contributed by atoms with Crippen molar-refractivity contribution in [3.8, 4) is 0 Å². The van der Waals surface area contributed by atoms with Gasteiger partial charge in [-0.1, -0.05) is 12.1 Å². The average molecular weight is 428 g/mol. The lowest BCUT2D eigenvalue weighted by molar-refractivity contribution is -0.0267. The molecule has 0 radical (unpaired) electrons. The van der Waals surface area contributed by atoms with Crippen LogP contribution in [0.15, 0.2) is 41.3 Å². The maximum absolute atomic E-state index is 13.4. The molecule has 1 aliphatic heterocycles. The van der Waals surface area contributed by atoms with E-state index >= 15 is 0 Å². The second-order valence-electron chi connectivity index (χ2n) is 7.96. The maximum atomic E-state index is 13.4. The number of aromatic carboxylic acids is 1. The van der Waals surface area contributed by atoms with Crippen molar-refractivity contribution >= 4 is 23.1 Å². The molecule has 2 N–H and O–H groups in total. The Kier molecular flexibility index (Phi) is 4.91. The zero-order chi connectivity index (χ0) is 22.5. The smallest absolute Gasteiger partial charge is 0.337 e. The molecular formula is C22H22F2N4O3. The molecule has 4 rings (SSSR count). The Balaban J connectivity index is 1.81. The molecule has 0 bridgehead atoms. The molecule has 0 amide bonds. The number of para-hydroxylation sites is 1. The Morgan fingerprint density at radius 2 is 1.94 bits per heavy atom. The second-order valence-corrected chi connectivity index (χ2v) is 7.96. The number of halogens is 2. The lowest BCUT2D eigenvalue weighted by Crippen LogP contribution is -2.57. The van der Waals surface area contributed by atoms with E-state index in [-0.39, 0.29) is 16.9 Å². The molecule has 2 aromatic heterocycles. The van der Waals surface area contributed by atoms with E-state index in [4.69, 9.17) is 0 Å². The van der Waals surface area contributed by atoms with E-state index in [0.29, 0.717) is 22.5 Å². The van der Waals surface area contributed by atoms with E-state index in [0.717, 1.165) is 5.56 Å². The summed E-state index contributed by atoms with van der Waals surface area (Å²) in [5, 5.41) is 12.6. The molecule has 1 fully saturated rings. The van der Waals surface area contributed by atoms with Crippen molar-refractivity contribution < 1.29 is 18.7 Å². The summed E-state index contributed by atoms with van der Waals surface area (Å²) in [4.78, 5) is 30.5. The summed E-state index contributed by atoms with van der Waals surface area (Å²) in [7, 11) is 0. The zero-order valence-electron chi connectivity index (χ0n) is 17.3. The molecule has 9 heteroatoms. The minimum atomic E-state index is -2.79. The van der Waals surface area contributed by atoms with Crippen LogP contribution in [0.2, 0.25) is 0 Å². The summed E-state index contributed by atoms with van der Waals surface area (Å²) < 4.78 is 28.2. The van der Waals surface area contributed by atoms with Gasteiger partial charge in [0.15, 0.2) is 0 Å². The first-order valence-electron chi connectivity index (χ1n) is 9.82. The number of carbonyl (C=O) groups is 1. The van der Waals surface area contributed by atoms with E-state index in [2.05, 4.69) is 10.3 Å². The quantitative estimate of drug-likeness (QED) is 0.645. The van der Waals surface area contributed by atoms with Crippen LogP contribution in [-0.2, 0) is 0 Å². The summed E-state index contributed by atoms with van der Waals surface area (Å²) in [5.41, 5.74) is 2.36. The SMILES string of the molecule is Cc1cc([C@@H](C)Nc2ccccc2C(=O)O)c2nc(N3CC(F)(F)C3)c(C)c(=O)n2c1. The molecule has 31 heavy (non-hydrogen) atoms. The van der Waals surface area contributed by atoms with E-state index in [1.165, 1.54) is 15.4 Å². The normalized spacial score (nSPS) is 16.1. The number of fused-ring (bicyclic) bond motifs is 1. The van der Waals surface area contributed by atoms with Crippen LogP contribution in [0.25, 0.3) is 5.65 Å². The minimum Gasteiger partial charge on any atom is -0.478 e. The highest BCUT2D eigenvalue weighted by atomic mass is 19.3. The first kappa shape index (κ1) is 20.8. The Bertz CT molecular complexity index is 1250. The molecule has 0 saturated carbocycles. The van der Waals surface area contributed by atoms with Crippen molar-refractivity contribution in [3.05, 3.63) is 69.1 Å². The van der Waals surface area contributed by atoms with Gasteiger partial charge >= 0.3 is 5.97 Å². The number of nitrogens with zero attached hydrogens (tertiary/aromatic N) is 3. The number of anilines is 2. The fourth-order valence-electron chi connectivity index (χ4n) is 3.88. The number of pyridine rings is 1. The molecule has 1 saturated heterocycles.